The number of hydrogen-bond donors (Lipinski definition) is 2. The third-order valence-electron chi connectivity index (χ3n) is 4.65. The molecular formula is C17H21F3N2O5S2. The summed E-state index contributed by atoms with van der Waals surface area (Å²) < 4.78 is 67.7. The second-order valence-corrected chi connectivity index (χ2v) is 9.59. The highest BCUT2D eigenvalue weighted by atomic mass is 32.2. The molecule has 162 valence electrons. The Morgan fingerprint density at radius 2 is 1.72 bits per heavy atom. The lowest BCUT2D eigenvalue weighted by atomic mass is 9.88. The second-order valence-electron chi connectivity index (χ2n) is 6.98. The van der Waals surface area contributed by atoms with Gasteiger partial charge in [0.1, 0.15) is 6.04 Å². The van der Waals surface area contributed by atoms with Gasteiger partial charge >= 0.3 is 18.1 Å². The molecule has 0 radical (unpaired) electrons. The van der Waals surface area contributed by atoms with Crippen LogP contribution in [-0.2, 0) is 24.3 Å². The van der Waals surface area contributed by atoms with Gasteiger partial charge in [0.25, 0.3) is 0 Å². The quantitative estimate of drug-likeness (QED) is 0.400. The number of thiol groups is 1. The van der Waals surface area contributed by atoms with Gasteiger partial charge in [-0.15, -0.1) is 0 Å². The van der Waals surface area contributed by atoms with E-state index in [0.717, 1.165) is 5.56 Å². The van der Waals surface area contributed by atoms with Gasteiger partial charge in [0.2, 0.25) is 10.0 Å². The number of carbonyl (C=O) groups is 2. The maximum Gasteiger partial charge on any atom is 0.491 e. The summed E-state index contributed by atoms with van der Waals surface area (Å²) >= 11 is 4.41. The number of aryl methyl sites for hydroxylation is 1. The number of halogens is 3. The molecule has 2 rings (SSSR count). The molecule has 1 aromatic rings. The molecule has 0 bridgehead atoms. The molecule has 0 aliphatic carbocycles. The van der Waals surface area contributed by atoms with Crippen molar-refractivity contribution in [3.05, 3.63) is 29.8 Å². The Morgan fingerprint density at radius 3 is 2.21 bits per heavy atom. The zero-order chi connectivity index (χ0) is 22.0. The summed E-state index contributed by atoms with van der Waals surface area (Å²) in [6, 6.07) is 3.85. The van der Waals surface area contributed by atoms with Gasteiger partial charge in [-0.2, -0.15) is 30.5 Å². The van der Waals surface area contributed by atoms with Crippen molar-refractivity contribution in [3.8, 4) is 0 Å². The lowest BCUT2D eigenvalue weighted by Crippen LogP contribution is -2.58. The summed E-state index contributed by atoms with van der Waals surface area (Å²) in [6.07, 6.45) is -5.03. The zero-order valence-electron chi connectivity index (χ0n) is 15.7. The van der Waals surface area contributed by atoms with E-state index in [1.54, 1.807) is 14.0 Å². The predicted octanol–water partition coefficient (Wildman–Crippen LogP) is 1.67. The van der Waals surface area contributed by atoms with Gasteiger partial charge in [0, 0.05) is 4.75 Å². The molecule has 1 heterocycles. The lowest BCUT2D eigenvalue weighted by Gasteiger charge is -2.41. The van der Waals surface area contributed by atoms with Crippen LogP contribution in [0.1, 0.15) is 18.4 Å². The van der Waals surface area contributed by atoms with E-state index in [1.807, 2.05) is 4.90 Å². The van der Waals surface area contributed by atoms with Crippen molar-refractivity contribution < 1.29 is 35.9 Å². The van der Waals surface area contributed by atoms with Crippen LogP contribution in [0, 0.1) is 6.92 Å². The number of rotatable bonds is 5. The number of alkyl halides is 3. The van der Waals surface area contributed by atoms with Gasteiger partial charge in [-0.1, -0.05) is 17.7 Å². The van der Waals surface area contributed by atoms with Gasteiger partial charge in [0.05, 0.1) is 4.90 Å². The molecule has 0 amide bonds. The minimum absolute atomic E-state index is 0.184. The SMILES string of the molecule is Cc1ccc(S(=O)(=O)N[C@@H](C(=O)OC(=O)C(F)(F)F)C2(S)CCN(C)CC2)cc1. The average molecular weight is 454 g/mol. The molecule has 1 aliphatic heterocycles. The van der Waals surface area contributed by atoms with Crippen molar-refractivity contribution >= 4 is 34.6 Å². The number of nitrogens with one attached hydrogen (secondary N) is 1. The number of benzene rings is 1. The number of sulfonamides is 1. The van der Waals surface area contributed by atoms with E-state index in [4.69, 9.17) is 0 Å². The first kappa shape index (κ1) is 23.6. The van der Waals surface area contributed by atoms with Crippen LogP contribution in [-0.4, -0.2) is 62.4 Å². The monoisotopic (exact) mass is 454 g/mol. The average Bonchev–Trinajstić information content (AvgIpc) is 2.62. The molecule has 1 aromatic carbocycles. The van der Waals surface area contributed by atoms with Crippen LogP contribution in [0.5, 0.6) is 0 Å². The molecule has 1 saturated heterocycles. The van der Waals surface area contributed by atoms with Crippen molar-refractivity contribution in [1.82, 2.24) is 9.62 Å². The van der Waals surface area contributed by atoms with Crippen LogP contribution in [0.4, 0.5) is 13.2 Å². The minimum Gasteiger partial charge on any atom is -0.385 e. The number of ether oxygens (including phenoxy) is 1. The third kappa shape index (κ3) is 5.93. The number of likely N-dealkylation sites (tertiary alicyclic amines) is 1. The Balaban J connectivity index is 2.35. The van der Waals surface area contributed by atoms with Gasteiger partial charge < -0.3 is 9.64 Å². The summed E-state index contributed by atoms with van der Waals surface area (Å²) in [5.74, 6) is -4.37. The van der Waals surface area contributed by atoms with Gasteiger partial charge in [-0.05, 0) is 52.0 Å². The summed E-state index contributed by atoms with van der Waals surface area (Å²) in [6.45, 7) is 2.59. The highest BCUT2D eigenvalue weighted by Crippen LogP contribution is 2.34. The molecule has 0 saturated carbocycles. The molecule has 1 fully saturated rings. The lowest BCUT2D eigenvalue weighted by molar-refractivity contribution is -0.202. The van der Waals surface area contributed by atoms with E-state index in [-0.39, 0.29) is 17.7 Å². The molecule has 0 aromatic heterocycles. The first-order valence-corrected chi connectivity index (χ1v) is 10.5. The smallest absolute Gasteiger partial charge is 0.385 e. The van der Waals surface area contributed by atoms with E-state index >= 15 is 0 Å². The molecule has 7 nitrogen and oxygen atoms in total. The molecule has 29 heavy (non-hydrogen) atoms. The Labute approximate surface area is 172 Å². The summed E-state index contributed by atoms with van der Waals surface area (Å²) in [5, 5.41) is 0. The van der Waals surface area contributed by atoms with Gasteiger partial charge in [-0.3, -0.25) is 0 Å². The van der Waals surface area contributed by atoms with Crippen LogP contribution in [0.25, 0.3) is 0 Å². The number of esters is 2. The number of hydrogen-bond acceptors (Lipinski definition) is 7. The fraction of sp³-hybridized carbons (Fsp3) is 0.529. The van der Waals surface area contributed by atoms with Gasteiger partial charge in [0.15, 0.2) is 0 Å². The Bertz CT molecular complexity index is 864. The molecule has 1 atom stereocenters. The highest BCUT2D eigenvalue weighted by molar-refractivity contribution is 7.89. The maximum absolute atomic E-state index is 12.7. The van der Waals surface area contributed by atoms with Crippen molar-refractivity contribution in [3.63, 3.8) is 0 Å². The number of piperidine rings is 1. The van der Waals surface area contributed by atoms with Crippen molar-refractivity contribution in [2.75, 3.05) is 20.1 Å². The maximum atomic E-state index is 12.7. The van der Waals surface area contributed by atoms with E-state index in [0.29, 0.717) is 13.1 Å². The van der Waals surface area contributed by atoms with E-state index in [1.165, 1.54) is 24.3 Å². The van der Waals surface area contributed by atoms with Crippen LogP contribution in [0.2, 0.25) is 0 Å². The Hall–Kier alpha value is -1.63. The normalized spacial score (nSPS) is 18.8. The molecule has 0 spiro atoms. The fourth-order valence-electron chi connectivity index (χ4n) is 2.82. The Morgan fingerprint density at radius 1 is 1.21 bits per heavy atom. The summed E-state index contributed by atoms with van der Waals surface area (Å²) in [5.41, 5.74) is 0.789. The molecular weight excluding hydrogens is 433 g/mol. The first-order valence-electron chi connectivity index (χ1n) is 8.57. The second kappa shape index (κ2) is 8.62. The molecule has 1 N–H and O–H groups in total. The summed E-state index contributed by atoms with van der Waals surface area (Å²) in [4.78, 5) is 25.2. The third-order valence-corrected chi connectivity index (χ3v) is 6.80. The van der Waals surface area contributed by atoms with Crippen LogP contribution >= 0.6 is 12.6 Å². The topological polar surface area (TPSA) is 92.8 Å². The number of nitrogens with zero attached hydrogens (tertiary/aromatic N) is 1. The predicted molar refractivity (Wildman–Crippen MR) is 101 cm³/mol. The van der Waals surface area contributed by atoms with Crippen molar-refractivity contribution in [1.29, 1.82) is 0 Å². The summed E-state index contributed by atoms with van der Waals surface area (Å²) in [7, 11) is -2.50. The zero-order valence-corrected chi connectivity index (χ0v) is 17.4. The van der Waals surface area contributed by atoms with E-state index in [9.17, 15) is 31.2 Å². The fourth-order valence-corrected chi connectivity index (χ4v) is 4.54. The molecule has 12 heteroatoms. The van der Waals surface area contributed by atoms with Crippen LogP contribution in [0.3, 0.4) is 0 Å². The Kier molecular flexibility index (Phi) is 7.03. The minimum atomic E-state index is -5.40. The van der Waals surface area contributed by atoms with E-state index < -0.39 is 38.9 Å². The standard InChI is InChI=1S/C17H21F3N2O5S2/c1-11-3-5-12(6-4-11)29(25,26)21-13(14(23)27-15(24)17(18,19)20)16(28)7-9-22(2)10-8-16/h3-6,13,21,28H,7-10H2,1-2H3/t13-/m0/s1. The first-order chi connectivity index (χ1) is 13.2. The van der Waals surface area contributed by atoms with Crippen LogP contribution < -0.4 is 4.72 Å². The number of carbonyl (C=O) groups excluding carboxylic acids is 2. The largest absolute Gasteiger partial charge is 0.491 e. The van der Waals surface area contributed by atoms with Crippen LogP contribution in [0.15, 0.2) is 29.2 Å². The van der Waals surface area contributed by atoms with Gasteiger partial charge in [-0.25, -0.2) is 18.0 Å². The van der Waals surface area contributed by atoms with Crippen molar-refractivity contribution in [2.45, 2.75) is 41.6 Å². The molecule has 0 unspecified atom stereocenters. The van der Waals surface area contributed by atoms with Crippen molar-refractivity contribution in [2.24, 2.45) is 0 Å². The molecule has 1 aliphatic rings. The highest BCUT2D eigenvalue weighted by Gasteiger charge is 2.49. The van der Waals surface area contributed by atoms with E-state index in [2.05, 4.69) is 22.1 Å².